The highest BCUT2D eigenvalue weighted by molar-refractivity contribution is 6.31. The lowest BCUT2D eigenvalue weighted by molar-refractivity contribution is 0.0489. The molecule has 0 saturated carbocycles. The highest BCUT2D eigenvalue weighted by Crippen LogP contribution is 2.39. The Labute approximate surface area is 212 Å². The molecule has 2 heterocycles. The van der Waals surface area contributed by atoms with Crippen LogP contribution in [0.4, 0.5) is 8.78 Å². The predicted octanol–water partition coefficient (Wildman–Crippen LogP) is 4.47. The number of rotatable bonds is 9. The van der Waals surface area contributed by atoms with Crippen molar-refractivity contribution in [2.45, 2.75) is 18.9 Å². The molecule has 10 heteroatoms. The third-order valence-corrected chi connectivity index (χ3v) is 6.06. The first kappa shape index (κ1) is 25.7. The number of hydrogen-bond acceptors (Lipinski definition) is 6. The minimum atomic E-state index is -1.54. The van der Waals surface area contributed by atoms with Crippen LogP contribution in [0.1, 0.15) is 28.5 Å². The van der Waals surface area contributed by atoms with E-state index in [0.29, 0.717) is 41.5 Å². The SMILES string of the molecule is COc1cc(C(=O)NCC(C)(O)c2cc3c(c(-c4ccc(F)c(Cl)c4)n2)OCC3)ccc1OCCF. The van der Waals surface area contributed by atoms with Gasteiger partial charge in [0.1, 0.15) is 36.1 Å². The van der Waals surface area contributed by atoms with Gasteiger partial charge in [-0.05, 0) is 49.4 Å². The van der Waals surface area contributed by atoms with Crippen LogP contribution in [-0.2, 0) is 12.0 Å². The Balaban J connectivity index is 1.56. The molecule has 1 atom stereocenters. The summed E-state index contributed by atoms with van der Waals surface area (Å²) in [6.45, 7) is 1.06. The van der Waals surface area contributed by atoms with Crippen molar-refractivity contribution >= 4 is 17.5 Å². The molecule has 2 aromatic carbocycles. The van der Waals surface area contributed by atoms with Gasteiger partial charge in [-0.3, -0.25) is 4.79 Å². The van der Waals surface area contributed by atoms with Gasteiger partial charge >= 0.3 is 0 Å². The second-order valence-corrected chi connectivity index (χ2v) is 8.84. The van der Waals surface area contributed by atoms with Crippen LogP contribution in [0.5, 0.6) is 17.2 Å². The number of carbonyl (C=O) groups excluding carboxylic acids is 1. The second kappa shape index (κ2) is 10.7. The number of ether oxygens (including phenoxy) is 3. The smallest absolute Gasteiger partial charge is 0.251 e. The summed E-state index contributed by atoms with van der Waals surface area (Å²) in [4.78, 5) is 17.4. The van der Waals surface area contributed by atoms with Gasteiger partial charge in [-0.1, -0.05) is 11.6 Å². The van der Waals surface area contributed by atoms with Crippen molar-refractivity contribution < 1.29 is 32.9 Å². The van der Waals surface area contributed by atoms with Gasteiger partial charge in [0.15, 0.2) is 11.5 Å². The first-order valence-electron chi connectivity index (χ1n) is 11.2. The molecular weight excluding hydrogens is 494 g/mol. The van der Waals surface area contributed by atoms with Gasteiger partial charge in [0.25, 0.3) is 5.91 Å². The number of halogens is 3. The van der Waals surface area contributed by atoms with Gasteiger partial charge in [0, 0.05) is 23.1 Å². The standard InChI is InChI=1S/C26H25ClF2N2O5/c1-26(33,14-30-25(32)17-4-6-20(35-10-8-28)21(12-17)34-2)22-13-16-7-9-36-24(16)23(31-22)15-3-5-19(29)18(27)11-15/h3-6,11-13,33H,7-10,14H2,1-2H3,(H,30,32). The van der Waals surface area contributed by atoms with Gasteiger partial charge < -0.3 is 24.6 Å². The topological polar surface area (TPSA) is 89.9 Å². The fourth-order valence-electron chi connectivity index (χ4n) is 3.83. The van der Waals surface area contributed by atoms with Gasteiger partial charge in [0.05, 0.1) is 31.0 Å². The fraction of sp³-hybridized carbons (Fsp3) is 0.308. The van der Waals surface area contributed by atoms with Crippen molar-refractivity contribution in [2.24, 2.45) is 0 Å². The Hall–Kier alpha value is -3.43. The van der Waals surface area contributed by atoms with Crippen molar-refractivity contribution in [3.05, 3.63) is 70.1 Å². The van der Waals surface area contributed by atoms with E-state index in [1.165, 1.54) is 44.4 Å². The first-order chi connectivity index (χ1) is 17.2. The molecule has 0 aliphatic carbocycles. The zero-order chi connectivity index (χ0) is 25.9. The van der Waals surface area contributed by atoms with Crippen LogP contribution in [0, 0.1) is 5.82 Å². The normalized spacial score (nSPS) is 13.9. The molecule has 1 aliphatic rings. The van der Waals surface area contributed by atoms with E-state index in [1.54, 1.807) is 12.1 Å². The van der Waals surface area contributed by atoms with Crippen LogP contribution in [0.2, 0.25) is 5.02 Å². The molecule has 36 heavy (non-hydrogen) atoms. The fourth-order valence-corrected chi connectivity index (χ4v) is 4.01. The molecule has 0 radical (unpaired) electrons. The highest BCUT2D eigenvalue weighted by atomic mass is 35.5. The number of benzene rings is 2. The Kier molecular flexibility index (Phi) is 7.61. The summed E-state index contributed by atoms with van der Waals surface area (Å²) in [5, 5.41) is 13.9. The number of hydrogen-bond donors (Lipinski definition) is 2. The van der Waals surface area contributed by atoms with E-state index in [-0.39, 0.29) is 29.5 Å². The van der Waals surface area contributed by atoms with Gasteiger partial charge in [-0.25, -0.2) is 13.8 Å². The van der Waals surface area contributed by atoms with E-state index in [0.717, 1.165) is 5.56 Å². The molecule has 0 fully saturated rings. The third-order valence-electron chi connectivity index (χ3n) is 5.77. The molecular formula is C26H25ClF2N2O5. The lowest BCUT2D eigenvalue weighted by atomic mass is 9.97. The van der Waals surface area contributed by atoms with Crippen molar-refractivity contribution in [1.29, 1.82) is 0 Å². The molecule has 4 rings (SSSR count). The molecule has 7 nitrogen and oxygen atoms in total. The zero-order valence-electron chi connectivity index (χ0n) is 19.7. The number of aliphatic hydroxyl groups is 1. The van der Waals surface area contributed by atoms with Gasteiger partial charge in [-0.2, -0.15) is 0 Å². The molecule has 1 amide bonds. The third kappa shape index (κ3) is 5.37. The Morgan fingerprint density at radius 3 is 2.78 bits per heavy atom. The molecule has 0 bridgehead atoms. The Bertz CT molecular complexity index is 1290. The molecule has 0 saturated heterocycles. The second-order valence-electron chi connectivity index (χ2n) is 8.43. The number of amides is 1. The molecule has 3 aromatic rings. The maximum atomic E-state index is 13.7. The first-order valence-corrected chi connectivity index (χ1v) is 11.6. The summed E-state index contributed by atoms with van der Waals surface area (Å²) in [5.41, 5.74) is 0.864. The predicted molar refractivity (Wildman–Crippen MR) is 130 cm³/mol. The van der Waals surface area contributed by atoms with Crippen molar-refractivity contribution in [3.63, 3.8) is 0 Å². The highest BCUT2D eigenvalue weighted by Gasteiger charge is 2.30. The van der Waals surface area contributed by atoms with E-state index in [1.807, 2.05) is 0 Å². The number of alkyl halides is 1. The quantitative estimate of drug-likeness (QED) is 0.434. The molecule has 1 aliphatic heterocycles. The summed E-state index contributed by atoms with van der Waals surface area (Å²) < 4.78 is 42.4. The number of nitrogens with one attached hydrogen (secondary N) is 1. The van der Waals surface area contributed by atoms with Crippen LogP contribution < -0.4 is 19.5 Å². The van der Waals surface area contributed by atoms with Crippen molar-refractivity contribution in [1.82, 2.24) is 10.3 Å². The van der Waals surface area contributed by atoms with Gasteiger partial charge in [0.2, 0.25) is 0 Å². The number of carbonyl (C=O) groups is 1. The van der Waals surface area contributed by atoms with E-state index in [2.05, 4.69) is 10.3 Å². The maximum Gasteiger partial charge on any atom is 0.251 e. The zero-order valence-corrected chi connectivity index (χ0v) is 20.5. The lowest BCUT2D eigenvalue weighted by Crippen LogP contribution is -2.39. The minimum Gasteiger partial charge on any atom is -0.493 e. The average Bonchev–Trinajstić information content (AvgIpc) is 3.36. The van der Waals surface area contributed by atoms with E-state index in [9.17, 15) is 18.7 Å². The van der Waals surface area contributed by atoms with E-state index in [4.69, 9.17) is 25.8 Å². The summed E-state index contributed by atoms with van der Waals surface area (Å²) in [6.07, 6.45) is 0.617. The molecule has 1 unspecified atom stereocenters. The molecule has 1 aromatic heterocycles. The summed E-state index contributed by atoms with van der Waals surface area (Å²) in [5.74, 6) is 0.147. The summed E-state index contributed by atoms with van der Waals surface area (Å²) >= 11 is 5.97. The van der Waals surface area contributed by atoms with E-state index >= 15 is 0 Å². The minimum absolute atomic E-state index is 0.0537. The number of pyridine rings is 1. The number of methoxy groups -OCH3 is 1. The summed E-state index contributed by atoms with van der Waals surface area (Å²) in [7, 11) is 1.42. The van der Waals surface area contributed by atoms with E-state index < -0.39 is 24.0 Å². The number of aromatic nitrogens is 1. The monoisotopic (exact) mass is 518 g/mol. The number of fused-ring (bicyclic) bond motifs is 1. The molecule has 2 N–H and O–H groups in total. The van der Waals surface area contributed by atoms with Crippen LogP contribution in [0.3, 0.4) is 0 Å². The number of nitrogens with zero attached hydrogens (tertiary/aromatic N) is 1. The lowest BCUT2D eigenvalue weighted by Gasteiger charge is -2.25. The van der Waals surface area contributed by atoms with Crippen LogP contribution in [-0.4, -0.2) is 49.5 Å². The molecule has 0 spiro atoms. The average molecular weight is 519 g/mol. The van der Waals surface area contributed by atoms with Crippen molar-refractivity contribution in [2.75, 3.05) is 33.5 Å². The van der Waals surface area contributed by atoms with Crippen LogP contribution in [0.25, 0.3) is 11.3 Å². The largest absolute Gasteiger partial charge is 0.493 e. The van der Waals surface area contributed by atoms with Crippen LogP contribution >= 0.6 is 11.6 Å². The Morgan fingerprint density at radius 2 is 2.06 bits per heavy atom. The summed E-state index contributed by atoms with van der Waals surface area (Å²) in [6, 6.07) is 10.5. The maximum absolute atomic E-state index is 13.7. The Morgan fingerprint density at radius 1 is 1.25 bits per heavy atom. The molecule has 190 valence electrons. The van der Waals surface area contributed by atoms with Crippen LogP contribution in [0.15, 0.2) is 42.5 Å². The van der Waals surface area contributed by atoms with Crippen molar-refractivity contribution in [3.8, 4) is 28.5 Å². The van der Waals surface area contributed by atoms with Gasteiger partial charge in [-0.15, -0.1) is 0 Å².